The van der Waals surface area contributed by atoms with Gasteiger partial charge in [0.1, 0.15) is 8.55 Å². The summed E-state index contributed by atoms with van der Waals surface area (Å²) in [5, 5.41) is 2.55. The molecular weight excluding hydrogens is 547 g/mol. The highest BCUT2D eigenvalue weighted by Gasteiger charge is 2.51. The quantitative estimate of drug-likeness (QED) is 0.260. The second kappa shape index (κ2) is 9.17. The van der Waals surface area contributed by atoms with Gasteiger partial charge in [0.25, 0.3) is 15.9 Å². The van der Waals surface area contributed by atoms with Crippen LogP contribution >= 0.6 is 34.5 Å². The molecule has 1 fully saturated rings. The van der Waals surface area contributed by atoms with Crippen LogP contribution < -0.4 is 9.62 Å². The summed E-state index contributed by atoms with van der Waals surface area (Å²) < 4.78 is 27.3. The van der Waals surface area contributed by atoms with Gasteiger partial charge in [-0.25, -0.2) is 13.1 Å². The van der Waals surface area contributed by atoms with Gasteiger partial charge in [-0.1, -0.05) is 77.8 Å². The molecule has 9 heteroatoms. The molecule has 0 atom stereocenters. The zero-order valence-electron chi connectivity index (χ0n) is 19.6. The largest absolute Gasteiger partial charge is 0.366 e. The first kappa shape index (κ1) is 24.5. The average molecular weight is 570 g/mol. The van der Waals surface area contributed by atoms with Crippen molar-refractivity contribution >= 4 is 73.0 Å². The molecule has 1 spiro atoms. The fourth-order valence-electron chi connectivity index (χ4n) is 5.12. The number of benzene rings is 3. The summed E-state index contributed by atoms with van der Waals surface area (Å²) in [5.41, 5.74) is 4.68. The van der Waals surface area contributed by atoms with Crippen molar-refractivity contribution in [2.75, 3.05) is 11.4 Å². The molecule has 2 aliphatic rings. The third-order valence-electron chi connectivity index (χ3n) is 7.03. The van der Waals surface area contributed by atoms with Crippen LogP contribution in [-0.2, 0) is 26.8 Å². The normalized spacial score (nSPS) is 16.0. The van der Waals surface area contributed by atoms with E-state index in [0.29, 0.717) is 0 Å². The summed E-state index contributed by atoms with van der Waals surface area (Å²) in [7, 11) is -4.07. The minimum atomic E-state index is -4.07. The molecule has 0 radical (unpaired) electrons. The number of fused-ring (bicyclic) bond motifs is 3. The lowest BCUT2D eigenvalue weighted by Crippen LogP contribution is -2.28. The van der Waals surface area contributed by atoms with Crippen molar-refractivity contribution in [1.82, 2.24) is 4.72 Å². The van der Waals surface area contributed by atoms with Crippen LogP contribution in [0.15, 0.2) is 77.0 Å². The Morgan fingerprint density at radius 2 is 1.81 bits per heavy atom. The number of sulfonamides is 1. The molecule has 37 heavy (non-hydrogen) atoms. The molecule has 0 bridgehead atoms. The molecule has 5 nitrogen and oxygen atoms in total. The first-order valence-corrected chi connectivity index (χ1v) is 14.9. The Bertz CT molecular complexity index is 1670. The molecule has 4 aromatic rings. The smallest absolute Gasteiger partial charge is 0.273 e. The van der Waals surface area contributed by atoms with E-state index < -0.39 is 15.9 Å². The predicted octanol–water partition coefficient (Wildman–Crippen LogP) is 6.78. The number of nitrogens with one attached hydrogen (secondary N) is 1. The van der Waals surface area contributed by atoms with E-state index >= 15 is 0 Å². The SMILES string of the molecule is O=C(/C=C/c1cccc2c1N(Cc1ccc3ccccc3c1)CC21CC1)NS(=O)(=O)c1cc(Cl)c(Cl)s1. The molecule has 188 valence electrons. The Labute approximate surface area is 229 Å². The number of hydrogen-bond donors (Lipinski definition) is 1. The molecule has 1 aliphatic carbocycles. The van der Waals surface area contributed by atoms with Crippen molar-refractivity contribution in [1.29, 1.82) is 0 Å². The molecule has 2 heterocycles. The molecule has 1 aromatic heterocycles. The summed E-state index contributed by atoms with van der Waals surface area (Å²) >= 11 is 12.6. The number of carbonyl (C=O) groups is 1. The van der Waals surface area contributed by atoms with E-state index in [1.165, 1.54) is 34.0 Å². The lowest BCUT2D eigenvalue weighted by molar-refractivity contribution is -0.114. The van der Waals surface area contributed by atoms with Crippen LogP contribution in [0.1, 0.15) is 29.5 Å². The molecule has 1 saturated carbocycles. The Morgan fingerprint density at radius 1 is 1.03 bits per heavy atom. The summed E-state index contributed by atoms with van der Waals surface area (Å²) in [6.45, 7) is 1.69. The van der Waals surface area contributed by atoms with Crippen molar-refractivity contribution in [3.8, 4) is 0 Å². The van der Waals surface area contributed by atoms with Gasteiger partial charge in [-0.15, -0.1) is 11.3 Å². The average Bonchev–Trinajstić information content (AvgIpc) is 3.48. The lowest BCUT2D eigenvalue weighted by Gasteiger charge is -2.22. The topological polar surface area (TPSA) is 66.5 Å². The molecule has 6 rings (SSSR count). The number of nitrogens with zero attached hydrogens (tertiary/aromatic N) is 1. The van der Waals surface area contributed by atoms with Gasteiger partial charge in [-0.05, 0) is 58.5 Å². The fourth-order valence-corrected chi connectivity index (χ4v) is 7.94. The van der Waals surface area contributed by atoms with Gasteiger partial charge in [0.05, 0.1) is 5.02 Å². The van der Waals surface area contributed by atoms with Crippen LogP contribution in [0.3, 0.4) is 0 Å². The number of rotatable bonds is 6. The number of anilines is 1. The van der Waals surface area contributed by atoms with Crippen LogP contribution in [0.5, 0.6) is 0 Å². The lowest BCUT2D eigenvalue weighted by atomic mass is 9.96. The second-order valence-corrected chi connectivity index (χ2v) is 13.5. The Kier molecular flexibility index (Phi) is 6.07. The van der Waals surface area contributed by atoms with E-state index in [0.717, 1.165) is 48.5 Å². The van der Waals surface area contributed by atoms with Crippen LogP contribution in [-0.4, -0.2) is 20.9 Å². The third-order valence-corrected chi connectivity index (χ3v) is 10.7. The Hall–Kier alpha value is -2.84. The van der Waals surface area contributed by atoms with Crippen molar-refractivity contribution < 1.29 is 13.2 Å². The van der Waals surface area contributed by atoms with Gasteiger partial charge < -0.3 is 4.90 Å². The standard InChI is InChI=1S/C28H22Cl2N2O3S2/c29-23-15-25(36-27(23)30)37(34,35)31-24(33)11-10-20-6-3-7-22-26(20)32(17-28(22)12-13-28)16-18-8-9-19-4-1-2-5-21(19)14-18/h1-11,14-15H,12-13,16-17H2,(H,31,33)/b11-10+. The first-order chi connectivity index (χ1) is 17.7. The summed E-state index contributed by atoms with van der Waals surface area (Å²) in [6, 6.07) is 22.2. The molecule has 0 unspecified atom stereocenters. The number of carbonyl (C=O) groups excluding carboxylic acids is 1. The minimum Gasteiger partial charge on any atom is -0.366 e. The highest BCUT2D eigenvalue weighted by atomic mass is 35.5. The summed E-state index contributed by atoms with van der Waals surface area (Å²) in [6.07, 6.45) is 5.24. The van der Waals surface area contributed by atoms with Crippen molar-refractivity contribution in [3.63, 3.8) is 0 Å². The Morgan fingerprint density at radius 3 is 2.54 bits per heavy atom. The fraction of sp³-hybridized carbons (Fsp3) is 0.179. The number of amides is 1. The molecule has 0 saturated heterocycles. The monoisotopic (exact) mass is 568 g/mol. The van der Waals surface area contributed by atoms with Gasteiger partial charge in [0.2, 0.25) is 0 Å². The van der Waals surface area contributed by atoms with E-state index in [9.17, 15) is 13.2 Å². The minimum absolute atomic E-state index is 0.109. The first-order valence-electron chi connectivity index (χ1n) is 11.8. The van der Waals surface area contributed by atoms with E-state index in [1.54, 1.807) is 6.08 Å². The van der Waals surface area contributed by atoms with Crippen molar-refractivity contribution in [2.45, 2.75) is 29.0 Å². The molecular formula is C28H22Cl2N2O3S2. The summed E-state index contributed by atoms with van der Waals surface area (Å²) in [4.78, 5) is 15.0. The number of halogens is 2. The van der Waals surface area contributed by atoms with Crippen LogP contribution in [0.25, 0.3) is 16.8 Å². The van der Waals surface area contributed by atoms with Gasteiger partial charge in [0.15, 0.2) is 0 Å². The van der Waals surface area contributed by atoms with E-state index in [-0.39, 0.29) is 19.0 Å². The summed E-state index contributed by atoms with van der Waals surface area (Å²) in [5.74, 6) is -0.738. The molecule has 1 amide bonds. The predicted molar refractivity (Wildman–Crippen MR) is 151 cm³/mol. The maximum atomic E-state index is 12.6. The third kappa shape index (κ3) is 4.66. The highest BCUT2D eigenvalue weighted by molar-refractivity contribution is 7.92. The zero-order chi connectivity index (χ0) is 25.8. The molecule has 1 N–H and O–H groups in total. The maximum Gasteiger partial charge on any atom is 0.273 e. The zero-order valence-corrected chi connectivity index (χ0v) is 22.7. The van der Waals surface area contributed by atoms with Crippen molar-refractivity contribution in [2.24, 2.45) is 0 Å². The highest BCUT2D eigenvalue weighted by Crippen LogP contribution is 2.57. The maximum absolute atomic E-state index is 12.6. The second-order valence-electron chi connectivity index (χ2n) is 9.55. The number of hydrogen-bond acceptors (Lipinski definition) is 5. The van der Waals surface area contributed by atoms with E-state index in [4.69, 9.17) is 23.2 Å². The van der Waals surface area contributed by atoms with Gasteiger partial charge in [-0.3, -0.25) is 4.79 Å². The Balaban J connectivity index is 1.27. The number of thiophene rings is 1. The van der Waals surface area contributed by atoms with Crippen molar-refractivity contribution in [3.05, 3.63) is 98.9 Å². The molecule has 1 aliphatic heterocycles. The molecule has 3 aromatic carbocycles. The van der Waals surface area contributed by atoms with Gasteiger partial charge in [-0.2, -0.15) is 0 Å². The van der Waals surface area contributed by atoms with Gasteiger partial charge in [0, 0.05) is 30.3 Å². The number of para-hydroxylation sites is 1. The van der Waals surface area contributed by atoms with E-state index in [2.05, 4.69) is 46.0 Å². The van der Waals surface area contributed by atoms with Gasteiger partial charge >= 0.3 is 0 Å². The van der Waals surface area contributed by atoms with Crippen LogP contribution in [0, 0.1) is 0 Å². The van der Waals surface area contributed by atoms with Crippen LogP contribution in [0.4, 0.5) is 5.69 Å². The van der Waals surface area contributed by atoms with Crippen LogP contribution in [0.2, 0.25) is 9.36 Å². The van der Waals surface area contributed by atoms with E-state index in [1.807, 2.05) is 24.3 Å².